The number of ether oxygens (including phenoxy) is 2. The number of azide groups is 1. The third-order valence-corrected chi connectivity index (χ3v) is 6.37. The molecule has 0 bridgehead atoms. The number of amides is 3. The summed E-state index contributed by atoms with van der Waals surface area (Å²) >= 11 is 0. The molecule has 13 heteroatoms. The number of hydrogen-bond donors (Lipinski definition) is 2. The molecule has 0 radical (unpaired) electrons. The van der Waals surface area contributed by atoms with Crippen LogP contribution in [0.2, 0.25) is 0 Å². The lowest BCUT2D eigenvalue weighted by Gasteiger charge is -2.34. The number of methoxy groups -OCH3 is 2. The fourth-order valence-corrected chi connectivity index (χ4v) is 4.17. The Kier molecular flexibility index (Phi) is 12.3. The molecule has 0 saturated carbocycles. The van der Waals surface area contributed by atoms with Gasteiger partial charge in [-0.1, -0.05) is 55.7 Å². The number of nitrogens with zero attached hydrogens (tertiary/aromatic N) is 4. The van der Waals surface area contributed by atoms with E-state index in [-0.39, 0.29) is 23.4 Å². The molecule has 13 nitrogen and oxygen atoms in total. The Morgan fingerprint density at radius 2 is 1.73 bits per heavy atom. The zero-order valence-electron chi connectivity index (χ0n) is 23.6. The first kappa shape index (κ1) is 32.3. The van der Waals surface area contributed by atoms with Crippen molar-refractivity contribution >= 4 is 41.0 Å². The zero-order valence-corrected chi connectivity index (χ0v) is 23.6. The van der Waals surface area contributed by atoms with Crippen LogP contribution < -0.4 is 10.6 Å². The Morgan fingerprint density at radius 3 is 2.29 bits per heavy atom. The van der Waals surface area contributed by atoms with Crippen molar-refractivity contribution in [1.82, 2.24) is 10.2 Å². The molecule has 2 aromatic carbocycles. The number of benzene rings is 2. The molecule has 0 heterocycles. The zero-order chi connectivity index (χ0) is 30.5. The Morgan fingerprint density at radius 1 is 1.05 bits per heavy atom. The van der Waals surface area contributed by atoms with E-state index in [0.29, 0.717) is 12.0 Å². The number of carbonyl (C=O) groups excluding carboxylic acids is 5. The van der Waals surface area contributed by atoms with E-state index >= 15 is 0 Å². The summed E-state index contributed by atoms with van der Waals surface area (Å²) in [4.78, 5) is 68.0. The highest BCUT2D eigenvalue weighted by molar-refractivity contribution is 6.04. The highest BCUT2D eigenvalue weighted by Crippen LogP contribution is 2.28. The van der Waals surface area contributed by atoms with Gasteiger partial charge < -0.3 is 25.0 Å². The minimum Gasteiger partial charge on any atom is -0.469 e. The SMILES string of the molecule is CC[C@H](C)[C@@H](C(=O)OC)N(CC(=O)N[C@H](CC(=O)OC)c1ccccc1)C(=O)c1cc(NC(C)=O)ccc1N=[N+]=[N-]. The molecule has 218 valence electrons. The molecular weight excluding hydrogens is 532 g/mol. The first-order valence-corrected chi connectivity index (χ1v) is 12.8. The lowest BCUT2D eigenvalue weighted by molar-refractivity contribution is -0.148. The lowest BCUT2D eigenvalue weighted by Crippen LogP contribution is -2.53. The largest absolute Gasteiger partial charge is 0.469 e. The molecule has 3 amide bonds. The van der Waals surface area contributed by atoms with Crippen molar-refractivity contribution in [2.45, 2.75) is 45.7 Å². The van der Waals surface area contributed by atoms with Gasteiger partial charge in [-0.3, -0.25) is 19.2 Å². The van der Waals surface area contributed by atoms with E-state index in [1.807, 2.05) is 6.92 Å². The summed E-state index contributed by atoms with van der Waals surface area (Å²) in [6.45, 7) is 4.22. The van der Waals surface area contributed by atoms with Gasteiger partial charge in [0.2, 0.25) is 11.8 Å². The Balaban J connectivity index is 2.58. The van der Waals surface area contributed by atoms with Gasteiger partial charge in [0, 0.05) is 17.5 Å². The smallest absolute Gasteiger partial charge is 0.328 e. The number of rotatable bonds is 13. The summed E-state index contributed by atoms with van der Waals surface area (Å²) in [5.41, 5.74) is 9.72. The molecule has 0 aromatic heterocycles. The van der Waals surface area contributed by atoms with Crippen LogP contribution in [0.4, 0.5) is 11.4 Å². The standard InChI is InChI=1S/C28H34N6O7/c1-6-17(2)26(28(39)41-5)34(27(38)21-14-20(30-18(3)35)12-13-22(21)32-33-29)16-24(36)31-23(15-25(37)40-4)19-10-8-7-9-11-19/h7-14,17,23,26H,6,15-16H2,1-5H3,(H,30,35)(H,31,36)/t17-,23+,26-/m0/s1. The van der Waals surface area contributed by atoms with E-state index in [2.05, 4.69) is 20.7 Å². The van der Waals surface area contributed by atoms with Gasteiger partial charge in [0.15, 0.2) is 0 Å². The molecule has 0 aliphatic carbocycles. The summed E-state index contributed by atoms with van der Waals surface area (Å²) < 4.78 is 9.77. The molecule has 0 unspecified atom stereocenters. The average Bonchev–Trinajstić information content (AvgIpc) is 2.96. The van der Waals surface area contributed by atoms with Gasteiger partial charge >= 0.3 is 11.9 Å². The first-order chi connectivity index (χ1) is 19.6. The molecule has 41 heavy (non-hydrogen) atoms. The minimum absolute atomic E-state index is 0.0716. The van der Waals surface area contributed by atoms with E-state index in [0.717, 1.165) is 4.90 Å². The van der Waals surface area contributed by atoms with E-state index in [4.69, 9.17) is 15.0 Å². The molecule has 2 rings (SSSR count). The van der Waals surface area contributed by atoms with E-state index in [9.17, 15) is 24.0 Å². The maximum Gasteiger partial charge on any atom is 0.328 e. The predicted molar refractivity (Wildman–Crippen MR) is 150 cm³/mol. The highest BCUT2D eigenvalue weighted by Gasteiger charge is 2.37. The Bertz CT molecular complexity index is 1310. The van der Waals surface area contributed by atoms with E-state index in [1.165, 1.54) is 39.3 Å². The predicted octanol–water partition coefficient (Wildman–Crippen LogP) is 4.04. The number of anilines is 1. The van der Waals surface area contributed by atoms with Gasteiger partial charge in [0.25, 0.3) is 5.91 Å². The highest BCUT2D eigenvalue weighted by atomic mass is 16.5. The number of nitrogens with one attached hydrogen (secondary N) is 2. The maximum atomic E-state index is 14.0. The van der Waals surface area contributed by atoms with Crippen LogP contribution in [-0.2, 0) is 28.7 Å². The van der Waals surface area contributed by atoms with Crippen molar-refractivity contribution in [3.63, 3.8) is 0 Å². The van der Waals surface area contributed by atoms with Gasteiger partial charge in [0.1, 0.15) is 12.6 Å². The quantitative estimate of drug-likeness (QED) is 0.159. The third kappa shape index (κ3) is 9.07. The second kappa shape index (κ2) is 15.6. The summed E-state index contributed by atoms with van der Waals surface area (Å²) in [5, 5.41) is 8.89. The van der Waals surface area contributed by atoms with Gasteiger partial charge in [-0.05, 0) is 35.2 Å². The molecule has 2 N–H and O–H groups in total. The van der Waals surface area contributed by atoms with Crippen molar-refractivity contribution in [2.75, 3.05) is 26.1 Å². The fraction of sp³-hybridized carbons (Fsp3) is 0.393. The summed E-state index contributed by atoms with van der Waals surface area (Å²) in [7, 11) is 2.40. The number of esters is 2. The second-order valence-electron chi connectivity index (χ2n) is 9.20. The molecule has 0 aliphatic rings. The van der Waals surface area contributed by atoms with Crippen molar-refractivity contribution in [3.05, 3.63) is 70.1 Å². The van der Waals surface area contributed by atoms with Crippen LogP contribution in [0.25, 0.3) is 10.4 Å². The third-order valence-electron chi connectivity index (χ3n) is 6.37. The summed E-state index contributed by atoms with van der Waals surface area (Å²) in [6.07, 6.45) is 0.279. The van der Waals surface area contributed by atoms with Crippen molar-refractivity contribution in [3.8, 4) is 0 Å². The van der Waals surface area contributed by atoms with Crippen LogP contribution in [0.1, 0.15) is 55.6 Å². The van der Waals surface area contributed by atoms with Crippen LogP contribution in [-0.4, -0.2) is 61.4 Å². The first-order valence-electron chi connectivity index (χ1n) is 12.8. The van der Waals surface area contributed by atoms with E-state index in [1.54, 1.807) is 37.3 Å². The van der Waals surface area contributed by atoms with Crippen molar-refractivity contribution in [2.24, 2.45) is 11.0 Å². The summed E-state index contributed by atoms with van der Waals surface area (Å²) in [5.74, 6) is -3.64. The van der Waals surface area contributed by atoms with Crippen molar-refractivity contribution < 1.29 is 33.4 Å². The van der Waals surface area contributed by atoms with Crippen LogP contribution in [0, 0.1) is 5.92 Å². The van der Waals surface area contributed by atoms with Gasteiger partial charge in [-0.15, -0.1) is 0 Å². The fourth-order valence-electron chi connectivity index (χ4n) is 4.17. The minimum atomic E-state index is -1.19. The number of hydrogen-bond acceptors (Lipinski definition) is 8. The Labute approximate surface area is 237 Å². The molecular formula is C28H34N6O7. The molecule has 0 spiro atoms. The monoisotopic (exact) mass is 566 g/mol. The van der Waals surface area contributed by atoms with Gasteiger partial charge in [-0.25, -0.2) is 4.79 Å². The second-order valence-corrected chi connectivity index (χ2v) is 9.20. The topological polar surface area (TPSA) is 180 Å². The molecule has 2 aromatic rings. The van der Waals surface area contributed by atoms with Crippen LogP contribution in [0.15, 0.2) is 53.6 Å². The molecule has 0 saturated heterocycles. The Hall–Kier alpha value is -4.90. The number of carbonyl (C=O) groups is 5. The van der Waals surface area contributed by atoms with Gasteiger partial charge in [-0.2, -0.15) is 0 Å². The lowest BCUT2D eigenvalue weighted by atomic mass is 9.96. The molecule has 0 aliphatic heterocycles. The van der Waals surface area contributed by atoms with Crippen LogP contribution in [0.3, 0.4) is 0 Å². The van der Waals surface area contributed by atoms with Crippen molar-refractivity contribution in [1.29, 1.82) is 0 Å². The normalized spacial score (nSPS) is 12.5. The molecule has 3 atom stereocenters. The van der Waals surface area contributed by atoms with Crippen LogP contribution >= 0.6 is 0 Å². The average molecular weight is 567 g/mol. The van der Waals surface area contributed by atoms with Gasteiger partial charge in [0.05, 0.1) is 37.9 Å². The summed E-state index contributed by atoms with van der Waals surface area (Å²) in [6, 6.07) is 10.8. The maximum absolute atomic E-state index is 14.0. The molecule has 0 fully saturated rings. The van der Waals surface area contributed by atoms with Crippen LogP contribution in [0.5, 0.6) is 0 Å². The van der Waals surface area contributed by atoms with E-state index < -0.39 is 54.2 Å².